The third kappa shape index (κ3) is 3.26. The van der Waals surface area contributed by atoms with Crippen LogP contribution >= 0.6 is 0 Å². The molecule has 1 amide bonds. The molecule has 1 fully saturated rings. The van der Waals surface area contributed by atoms with E-state index >= 15 is 0 Å². The van der Waals surface area contributed by atoms with Gasteiger partial charge >= 0.3 is 0 Å². The van der Waals surface area contributed by atoms with E-state index in [1.165, 1.54) is 0 Å². The van der Waals surface area contributed by atoms with Gasteiger partial charge < -0.3 is 20.6 Å². The maximum atomic E-state index is 12.6. The minimum atomic E-state index is -0.0338. The minimum absolute atomic E-state index is 0.0338. The molecule has 0 spiro atoms. The lowest BCUT2D eigenvalue weighted by molar-refractivity contribution is 0.0705. The van der Waals surface area contributed by atoms with Crippen molar-refractivity contribution >= 4 is 11.7 Å². The number of oxime groups is 1. The van der Waals surface area contributed by atoms with Gasteiger partial charge in [-0.3, -0.25) is 4.79 Å². The largest absolute Gasteiger partial charge is 0.496 e. The van der Waals surface area contributed by atoms with Gasteiger partial charge in [0.05, 0.1) is 12.7 Å². The molecule has 0 aromatic heterocycles. The van der Waals surface area contributed by atoms with Gasteiger partial charge in [-0.05, 0) is 31.9 Å². The summed E-state index contributed by atoms with van der Waals surface area (Å²) in [5, 5.41) is 11.8. The molecule has 3 N–H and O–H groups in total. The van der Waals surface area contributed by atoms with Crippen LogP contribution in [0.2, 0.25) is 0 Å². The van der Waals surface area contributed by atoms with E-state index in [4.69, 9.17) is 15.7 Å². The molecule has 114 valence electrons. The number of hydrogen-bond acceptors (Lipinski definition) is 4. The van der Waals surface area contributed by atoms with Crippen LogP contribution in [0.4, 0.5) is 0 Å². The molecule has 1 aliphatic heterocycles. The van der Waals surface area contributed by atoms with Gasteiger partial charge in [0.1, 0.15) is 11.6 Å². The van der Waals surface area contributed by atoms with Crippen molar-refractivity contribution in [2.45, 2.75) is 19.8 Å². The van der Waals surface area contributed by atoms with Crippen molar-refractivity contribution in [3.05, 3.63) is 29.3 Å². The maximum absolute atomic E-state index is 12.6. The molecule has 1 heterocycles. The smallest absolute Gasteiger partial charge is 0.257 e. The number of nitrogens with zero attached hydrogens (tertiary/aromatic N) is 2. The lowest BCUT2D eigenvalue weighted by Crippen LogP contribution is -2.41. The van der Waals surface area contributed by atoms with E-state index in [0.717, 1.165) is 5.56 Å². The fourth-order valence-corrected chi connectivity index (χ4v) is 2.62. The lowest BCUT2D eigenvalue weighted by Gasteiger charge is -2.31. The summed E-state index contributed by atoms with van der Waals surface area (Å²) in [5.41, 5.74) is 7.22. The number of likely N-dealkylation sites (tertiary alicyclic amines) is 1. The first kappa shape index (κ1) is 15.2. The van der Waals surface area contributed by atoms with Crippen molar-refractivity contribution < 1.29 is 14.7 Å². The van der Waals surface area contributed by atoms with Gasteiger partial charge in [-0.15, -0.1) is 0 Å². The second kappa shape index (κ2) is 6.47. The molecule has 0 atom stereocenters. The number of amidine groups is 1. The molecule has 1 aromatic rings. The molecule has 1 aliphatic rings. The Morgan fingerprint density at radius 3 is 2.67 bits per heavy atom. The maximum Gasteiger partial charge on any atom is 0.257 e. The van der Waals surface area contributed by atoms with E-state index < -0.39 is 0 Å². The van der Waals surface area contributed by atoms with E-state index in [1.807, 2.05) is 25.1 Å². The Labute approximate surface area is 124 Å². The topological polar surface area (TPSA) is 88.2 Å². The average molecular weight is 291 g/mol. The molecule has 1 aromatic carbocycles. The number of carbonyl (C=O) groups excluding carboxylic acids is 1. The Hall–Kier alpha value is -2.24. The molecular weight excluding hydrogens is 270 g/mol. The summed E-state index contributed by atoms with van der Waals surface area (Å²) in [7, 11) is 1.56. The molecule has 0 unspecified atom stereocenters. The minimum Gasteiger partial charge on any atom is -0.496 e. The zero-order valence-electron chi connectivity index (χ0n) is 12.4. The van der Waals surface area contributed by atoms with Crippen LogP contribution < -0.4 is 10.5 Å². The SMILES string of the molecule is COc1ccc(C)cc1C(=O)N1CCC(C(N)=NO)CC1. The van der Waals surface area contributed by atoms with Crippen LogP contribution in [0, 0.1) is 12.8 Å². The van der Waals surface area contributed by atoms with Gasteiger partial charge in [-0.1, -0.05) is 16.8 Å². The number of rotatable bonds is 3. The van der Waals surface area contributed by atoms with Gasteiger partial charge in [0.2, 0.25) is 0 Å². The van der Waals surface area contributed by atoms with Gasteiger partial charge in [0.25, 0.3) is 5.91 Å². The fraction of sp³-hybridized carbons (Fsp3) is 0.467. The molecule has 0 bridgehead atoms. The number of ether oxygens (including phenoxy) is 1. The Morgan fingerprint density at radius 1 is 1.43 bits per heavy atom. The number of benzene rings is 1. The Kier molecular flexibility index (Phi) is 4.67. The first-order chi connectivity index (χ1) is 10.1. The van der Waals surface area contributed by atoms with E-state index in [0.29, 0.717) is 37.2 Å². The average Bonchev–Trinajstić information content (AvgIpc) is 2.53. The summed E-state index contributed by atoms with van der Waals surface area (Å²) in [6.07, 6.45) is 1.41. The molecule has 6 nitrogen and oxygen atoms in total. The Morgan fingerprint density at radius 2 is 2.10 bits per heavy atom. The van der Waals surface area contributed by atoms with Crippen molar-refractivity contribution in [1.82, 2.24) is 4.90 Å². The zero-order chi connectivity index (χ0) is 15.4. The van der Waals surface area contributed by atoms with Crippen molar-refractivity contribution in [2.24, 2.45) is 16.8 Å². The van der Waals surface area contributed by atoms with Crippen LogP contribution in [0.5, 0.6) is 5.75 Å². The molecule has 1 saturated heterocycles. The molecule has 0 saturated carbocycles. The Bertz CT molecular complexity index is 549. The van der Waals surface area contributed by atoms with Gasteiger partial charge in [0, 0.05) is 19.0 Å². The highest BCUT2D eigenvalue weighted by atomic mass is 16.5. The molecule has 6 heteroatoms. The normalized spacial score (nSPS) is 16.9. The van der Waals surface area contributed by atoms with E-state index in [1.54, 1.807) is 12.0 Å². The molecule has 2 rings (SSSR count). The second-order valence-corrected chi connectivity index (χ2v) is 5.30. The number of hydrogen-bond donors (Lipinski definition) is 2. The zero-order valence-corrected chi connectivity index (χ0v) is 12.4. The number of nitrogens with two attached hydrogens (primary N) is 1. The summed E-state index contributed by atoms with van der Waals surface area (Å²) in [6.45, 7) is 3.13. The lowest BCUT2D eigenvalue weighted by atomic mass is 9.95. The molecular formula is C15H21N3O3. The number of amides is 1. The van der Waals surface area contributed by atoms with Crippen LogP contribution in [-0.4, -0.2) is 42.0 Å². The van der Waals surface area contributed by atoms with Gasteiger partial charge in [-0.2, -0.15) is 0 Å². The van der Waals surface area contributed by atoms with Crippen LogP contribution in [-0.2, 0) is 0 Å². The monoisotopic (exact) mass is 291 g/mol. The van der Waals surface area contributed by atoms with E-state index in [2.05, 4.69) is 5.16 Å². The molecule has 0 aliphatic carbocycles. The standard InChI is InChI=1S/C15H21N3O3/c1-10-3-4-13(21-2)12(9-10)15(19)18-7-5-11(6-8-18)14(16)17-20/h3-4,9,11,20H,5-8H2,1-2H3,(H2,16,17). The number of piperidine rings is 1. The van der Waals surface area contributed by atoms with Crippen LogP contribution in [0.3, 0.4) is 0 Å². The summed E-state index contributed by atoms with van der Waals surface area (Å²) >= 11 is 0. The predicted octanol–water partition coefficient (Wildman–Crippen LogP) is 1.60. The first-order valence-electron chi connectivity index (χ1n) is 6.98. The van der Waals surface area contributed by atoms with Gasteiger partial charge in [-0.25, -0.2) is 0 Å². The predicted molar refractivity (Wildman–Crippen MR) is 79.8 cm³/mol. The van der Waals surface area contributed by atoms with E-state index in [9.17, 15) is 4.79 Å². The summed E-state index contributed by atoms with van der Waals surface area (Å²) in [5.74, 6) is 0.839. The van der Waals surface area contributed by atoms with Crippen molar-refractivity contribution in [3.63, 3.8) is 0 Å². The van der Waals surface area contributed by atoms with Crippen LogP contribution in [0.15, 0.2) is 23.4 Å². The summed E-state index contributed by atoms with van der Waals surface area (Å²) in [6, 6.07) is 5.57. The highest BCUT2D eigenvalue weighted by molar-refractivity contribution is 5.97. The molecule has 21 heavy (non-hydrogen) atoms. The quantitative estimate of drug-likeness (QED) is 0.383. The highest BCUT2D eigenvalue weighted by Gasteiger charge is 2.27. The van der Waals surface area contributed by atoms with Crippen molar-refractivity contribution in [2.75, 3.05) is 20.2 Å². The third-order valence-corrected chi connectivity index (χ3v) is 3.90. The summed E-state index contributed by atoms with van der Waals surface area (Å²) in [4.78, 5) is 14.4. The molecule has 0 radical (unpaired) electrons. The van der Waals surface area contributed by atoms with E-state index in [-0.39, 0.29) is 17.7 Å². The van der Waals surface area contributed by atoms with Gasteiger partial charge in [0.15, 0.2) is 0 Å². The Balaban J connectivity index is 2.10. The van der Waals surface area contributed by atoms with Crippen molar-refractivity contribution in [1.29, 1.82) is 0 Å². The number of aryl methyl sites for hydroxylation is 1. The second-order valence-electron chi connectivity index (χ2n) is 5.30. The third-order valence-electron chi connectivity index (χ3n) is 3.90. The number of methoxy groups -OCH3 is 1. The van der Waals surface area contributed by atoms with Crippen molar-refractivity contribution in [3.8, 4) is 5.75 Å². The number of carbonyl (C=O) groups is 1. The summed E-state index contributed by atoms with van der Waals surface area (Å²) < 4.78 is 5.27. The van der Waals surface area contributed by atoms with Crippen LogP contribution in [0.1, 0.15) is 28.8 Å². The highest BCUT2D eigenvalue weighted by Crippen LogP contribution is 2.24. The fourth-order valence-electron chi connectivity index (χ4n) is 2.62. The van der Waals surface area contributed by atoms with Crippen LogP contribution in [0.25, 0.3) is 0 Å². The first-order valence-corrected chi connectivity index (χ1v) is 6.98.